The maximum Gasteiger partial charge on any atom is 0.308 e. The maximum atomic E-state index is 13.5. The van der Waals surface area contributed by atoms with Crippen molar-refractivity contribution < 1.29 is 33.5 Å². The number of amides is 5. The van der Waals surface area contributed by atoms with Crippen molar-refractivity contribution in [3.05, 3.63) is 36.0 Å². The van der Waals surface area contributed by atoms with Crippen LogP contribution in [-0.4, -0.2) is 76.3 Å². The lowest BCUT2D eigenvalue weighted by atomic mass is 9.84. The van der Waals surface area contributed by atoms with Gasteiger partial charge >= 0.3 is 5.97 Å². The number of nitrogens with two attached hydrogens (primary N) is 2. The Hall–Kier alpha value is -4.50. The summed E-state index contributed by atoms with van der Waals surface area (Å²) in [4.78, 5) is 82.0. The van der Waals surface area contributed by atoms with Crippen LogP contribution in [0.25, 0.3) is 10.9 Å². The fourth-order valence-electron chi connectivity index (χ4n) is 6.21. The third-order valence-corrected chi connectivity index (χ3v) is 8.94. The Morgan fingerprint density at radius 2 is 1.49 bits per heavy atom. The molecule has 5 atom stereocenters. The molecular weight excluding hydrogens is 656 g/mol. The number of fused-ring (bicyclic) bond motifs is 1. The molecule has 1 aliphatic rings. The summed E-state index contributed by atoms with van der Waals surface area (Å²) in [6.45, 7) is 9.89. The van der Waals surface area contributed by atoms with Crippen LogP contribution in [0.4, 0.5) is 0 Å². The van der Waals surface area contributed by atoms with Gasteiger partial charge in [0.2, 0.25) is 23.6 Å². The van der Waals surface area contributed by atoms with Crippen LogP contribution in [0.15, 0.2) is 30.5 Å². The number of nitrogens with one attached hydrogen (secondary N) is 6. The van der Waals surface area contributed by atoms with E-state index < -0.39 is 77.7 Å². The zero-order valence-corrected chi connectivity index (χ0v) is 30.6. The van der Waals surface area contributed by atoms with Gasteiger partial charge in [-0.1, -0.05) is 64.2 Å². The number of ether oxygens (including phenoxy) is 1. The lowest BCUT2D eigenvalue weighted by molar-refractivity contribution is -0.156. The number of hydrogen-bond acceptors (Lipinski definition) is 9. The highest BCUT2D eigenvalue weighted by atomic mass is 16.6. The van der Waals surface area contributed by atoms with Crippen molar-refractivity contribution in [1.29, 1.82) is 0 Å². The molecule has 0 spiro atoms. The molecule has 1 fully saturated rings. The van der Waals surface area contributed by atoms with Crippen molar-refractivity contribution in [3.8, 4) is 0 Å². The first-order valence-electron chi connectivity index (χ1n) is 17.7. The molecule has 1 aliphatic carbocycles. The topological polar surface area (TPSA) is 240 Å². The molecule has 0 bridgehead atoms. The van der Waals surface area contributed by atoms with Crippen molar-refractivity contribution in [1.82, 2.24) is 31.7 Å². The third-order valence-electron chi connectivity index (χ3n) is 8.94. The van der Waals surface area contributed by atoms with Crippen LogP contribution in [0, 0.1) is 11.8 Å². The average Bonchev–Trinajstić information content (AvgIpc) is 3.47. The van der Waals surface area contributed by atoms with E-state index in [1.54, 1.807) is 40.8 Å². The predicted molar refractivity (Wildman–Crippen MR) is 192 cm³/mol. The number of para-hydroxylation sites is 1. The van der Waals surface area contributed by atoms with Gasteiger partial charge in [0.1, 0.15) is 29.8 Å². The summed E-state index contributed by atoms with van der Waals surface area (Å²) in [5.41, 5.74) is 9.20. The number of esters is 1. The Morgan fingerprint density at radius 3 is 2.12 bits per heavy atom. The molecule has 0 saturated heterocycles. The molecule has 5 amide bonds. The van der Waals surface area contributed by atoms with Crippen molar-refractivity contribution in [2.24, 2.45) is 23.4 Å². The summed E-state index contributed by atoms with van der Waals surface area (Å²) >= 11 is 0. The summed E-state index contributed by atoms with van der Waals surface area (Å²) in [7, 11) is 0. The number of benzene rings is 1. The van der Waals surface area contributed by atoms with E-state index in [9.17, 15) is 28.8 Å². The highest BCUT2D eigenvalue weighted by Crippen LogP contribution is 2.27. The van der Waals surface area contributed by atoms with Crippen LogP contribution in [0.3, 0.4) is 0 Å². The summed E-state index contributed by atoms with van der Waals surface area (Å²) in [5, 5.41) is 11.4. The molecule has 1 saturated carbocycles. The van der Waals surface area contributed by atoms with Crippen molar-refractivity contribution in [2.75, 3.05) is 0 Å². The summed E-state index contributed by atoms with van der Waals surface area (Å²) < 4.78 is 5.39. The number of hydrazine groups is 1. The molecule has 1 heterocycles. The van der Waals surface area contributed by atoms with Gasteiger partial charge in [-0.3, -0.25) is 34.2 Å². The van der Waals surface area contributed by atoms with Gasteiger partial charge in [0.05, 0.1) is 12.5 Å². The van der Waals surface area contributed by atoms with Crippen LogP contribution in [0.5, 0.6) is 0 Å². The minimum Gasteiger partial charge on any atom is -0.460 e. The molecule has 10 N–H and O–H groups in total. The molecular formula is C36H56N8O7. The van der Waals surface area contributed by atoms with Crippen molar-refractivity contribution in [2.45, 2.75) is 129 Å². The second kappa shape index (κ2) is 18.7. The molecule has 15 nitrogen and oxygen atoms in total. The fourth-order valence-corrected chi connectivity index (χ4v) is 6.21. The van der Waals surface area contributed by atoms with Crippen LogP contribution < -0.4 is 38.3 Å². The molecule has 1 aromatic carbocycles. The van der Waals surface area contributed by atoms with E-state index in [1.165, 1.54) is 6.92 Å². The molecule has 1 aromatic heterocycles. The van der Waals surface area contributed by atoms with Gasteiger partial charge in [0.25, 0.3) is 5.91 Å². The van der Waals surface area contributed by atoms with Crippen molar-refractivity contribution in [3.63, 3.8) is 0 Å². The van der Waals surface area contributed by atoms with Gasteiger partial charge < -0.3 is 36.7 Å². The highest BCUT2D eigenvalue weighted by Gasteiger charge is 2.34. The first kappa shape index (κ1) is 40.9. The number of aromatic nitrogens is 1. The number of carbonyl (C=O) groups excluding carboxylic acids is 6. The van der Waals surface area contributed by atoms with Crippen LogP contribution in [0.2, 0.25) is 0 Å². The molecule has 0 radical (unpaired) electrons. The summed E-state index contributed by atoms with van der Waals surface area (Å²) in [6.07, 6.45) is 6.99. The molecule has 3 rings (SSSR count). The average molecular weight is 713 g/mol. The number of rotatable bonds is 16. The summed E-state index contributed by atoms with van der Waals surface area (Å²) in [6, 6.07) is 1.96. The number of hydrogen-bond donors (Lipinski definition) is 8. The molecule has 15 heteroatoms. The van der Waals surface area contributed by atoms with E-state index in [2.05, 4.69) is 31.7 Å². The maximum absolute atomic E-state index is 13.5. The minimum atomic E-state index is -1.42. The fraction of sp³-hybridized carbons (Fsp3) is 0.611. The number of carbonyl (C=O) groups is 6. The second-order valence-electron chi connectivity index (χ2n) is 14.8. The quantitative estimate of drug-likeness (QED) is 0.0542. The number of aromatic amines is 1. The molecule has 0 aliphatic heterocycles. The Bertz CT molecular complexity index is 1530. The largest absolute Gasteiger partial charge is 0.460 e. The Balaban J connectivity index is 1.68. The molecule has 2 aromatic rings. The zero-order valence-electron chi connectivity index (χ0n) is 30.6. The standard InChI is InChI=1S/C36H56N8O7/c1-20(2)30(35(50)42-27(34(49)44-38)16-22-12-8-7-9-13-22)43-31(46)21(3)40-33(48)28(18-29(45)51-36(4,5)6)41-32(47)25(37)17-23-19-39-26-15-11-10-14-24(23)26/h10-11,14-15,19-22,25,27-28,30,39H,7-9,12-13,16-18,37-38H2,1-6H3,(H,40,48)(H,41,47)(H,42,50)(H,43,46)(H,44,49)/t21-,25+,27-,28+,30+/m0/s1. The smallest absolute Gasteiger partial charge is 0.308 e. The van der Waals surface area contributed by atoms with E-state index >= 15 is 0 Å². The van der Waals surface area contributed by atoms with Crippen LogP contribution in [-0.2, 0) is 39.9 Å². The lowest BCUT2D eigenvalue weighted by Gasteiger charge is -2.29. The second-order valence-corrected chi connectivity index (χ2v) is 14.8. The van der Waals surface area contributed by atoms with Gasteiger partial charge in [-0.2, -0.15) is 0 Å². The Kier molecular flexibility index (Phi) is 15.0. The van der Waals surface area contributed by atoms with Gasteiger partial charge in [0, 0.05) is 17.1 Å². The molecule has 51 heavy (non-hydrogen) atoms. The summed E-state index contributed by atoms with van der Waals surface area (Å²) in [5.74, 6) is 1.26. The van der Waals surface area contributed by atoms with Gasteiger partial charge in [-0.05, 0) is 64.0 Å². The van der Waals surface area contributed by atoms with Gasteiger partial charge in [-0.25, -0.2) is 5.84 Å². The normalized spacial score (nSPS) is 16.6. The van der Waals surface area contributed by atoms with E-state index in [-0.39, 0.29) is 18.3 Å². The van der Waals surface area contributed by atoms with E-state index in [1.807, 2.05) is 24.3 Å². The Morgan fingerprint density at radius 1 is 0.843 bits per heavy atom. The zero-order chi connectivity index (χ0) is 37.9. The van der Waals surface area contributed by atoms with Gasteiger partial charge in [-0.15, -0.1) is 0 Å². The predicted octanol–water partition coefficient (Wildman–Crippen LogP) is 1.34. The number of H-pyrrole nitrogens is 1. The van der Waals surface area contributed by atoms with E-state index in [0.717, 1.165) is 48.6 Å². The molecule has 0 unspecified atom stereocenters. The first-order valence-corrected chi connectivity index (χ1v) is 17.7. The molecule has 282 valence electrons. The monoisotopic (exact) mass is 712 g/mol. The first-order chi connectivity index (χ1) is 24.0. The van der Waals surface area contributed by atoms with Crippen molar-refractivity contribution >= 4 is 46.4 Å². The third kappa shape index (κ3) is 12.6. The SMILES string of the molecule is CC(C)[C@@H](NC(=O)[C@H](C)NC(=O)[C@@H](CC(=O)OC(C)(C)C)NC(=O)[C@H](N)Cc1c[nH]c2ccccc12)C(=O)N[C@@H](CC1CCCCC1)C(=O)NN. The lowest BCUT2D eigenvalue weighted by Crippen LogP contribution is -2.60. The van der Waals surface area contributed by atoms with Crippen LogP contribution in [0.1, 0.15) is 92.1 Å². The Labute approximate surface area is 299 Å². The highest BCUT2D eigenvalue weighted by molar-refractivity contribution is 5.97. The van der Waals surface area contributed by atoms with Crippen LogP contribution >= 0.6 is 0 Å². The van der Waals surface area contributed by atoms with Gasteiger partial charge in [0.15, 0.2) is 0 Å². The van der Waals surface area contributed by atoms with E-state index in [0.29, 0.717) is 6.42 Å². The minimum absolute atomic E-state index is 0.155. The van der Waals surface area contributed by atoms with E-state index in [4.69, 9.17) is 16.3 Å².